The Labute approximate surface area is 136 Å². The lowest BCUT2D eigenvalue weighted by molar-refractivity contribution is 0.0942. The van der Waals surface area contributed by atoms with Crippen molar-refractivity contribution in [2.75, 3.05) is 13.1 Å². The van der Waals surface area contributed by atoms with Crippen molar-refractivity contribution in [3.8, 4) is 0 Å². The van der Waals surface area contributed by atoms with Crippen molar-refractivity contribution in [1.82, 2.24) is 15.0 Å². The third kappa shape index (κ3) is 3.26. The number of amides is 1. The summed E-state index contributed by atoms with van der Waals surface area (Å²) < 4.78 is 31.8. The molecule has 0 bridgehead atoms. The molecule has 128 valence electrons. The standard InChI is InChI=1S/C15H16F2N4O3/c16-8-3-4-9(10(17)6-8)12(22)7-21-5-1-2-11(21)15-19-14(13(18)23)20-24-15/h3-4,6,11-12,22H,1-2,5,7H2,(H2,18,23)/t11-,12+/m0/s1. The molecule has 1 aromatic carbocycles. The molecule has 24 heavy (non-hydrogen) atoms. The molecule has 0 unspecified atom stereocenters. The summed E-state index contributed by atoms with van der Waals surface area (Å²) in [5.41, 5.74) is 5.12. The minimum Gasteiger partial charge on any atom is -0.387 e. The number of aliphatic hydroxyl groups excluding tert-OH is 1. The van der Waals surface area contributed by atoms with E-state index in [0.29, 0.717) is 13.0 Å². The summed E-state index contributed by atoms with van der Waals surface area (Å²) >= 11 is 0. The molecular formula is C15H16F2N4O3. The lowest BCUT2D eigenvalue weighted by atomic mass is 10.1. The summed E-state index contributed by atoms with van der Waals surface area (Å²) in [6.07, 6.45) is 0.376. The fourth-order valence-corrected chi connectivity index (χ4v) is 2.89. The lowest BCUT2D eigenvalue weighted by Gasteiger charge is -2.24. The molecular weight excluding hydrogens is 322 g/mol. The molecule has 0 saturated carbocycles. The Morgan fingerprint density at radius 1 is 1.50 bits per heavy atom. The number of halogens is 2. The molecule has 2 atom stereocenters. The summed E-state index contributed by atoms with van der Waals surface area (Å²) in [6, 6.07) is 2.76. The summed E-state index contributed by atoms with van der Waals surface area (Å²) in [7, 11) is 0. The number of likely N-dealkylation sites (tertiary alicyclic amines) is 1. The molecule has 1 saturated heterocycles. The van der Waals surface area contributed by atoms with Gasteiger partial charge in [0.2, 0.25) is 5.89 Å². The number of hydrogen-bond acceptors (Lipinski definition) is 6. The monoisotopic (exact) mass is 338 g/mol. The summed E-state index contributed by atoms with van der Waals surface area (Å²) in [4.78, 5) is 16.9. The zero-order chi connectivity index (χ0) is 17.3. The smallest absolute Gasteiger partial charge is 0.290 e. The van der Waals surface area contributed by atoms with Gasteiger partial charge in [-0.05, 0) is 25.5 Å². The molecule has 0 spiro atoms. The Kier molecular flexibility index (Phi) is 4.54. The van der Waals surface area contributed by atoms with E-state index in [-0.39, 0.29) is 29.9 Å². The van der Waals surface area contributed by atoms with E-state index in [1.807, 2.05) is 4.90 Å². The Balaban J connectivity index is 1.74. The van der Waals surface area contributed by atoms with Gasteiger partial charge in [-0.3, -0.25) is 9.69 Å². The lowest BCUT2D eigenvalue weighted by Crippen LogP contribution is -2.29. The molecule has 2 aromatic rings. The Hall–Kier alpha value is -2.39. The summed E-state index contributed by atoms with van der Waals surface area (Å²) in [6.45, 7) is 0.750. The van der Waals surface area contributed by atoms with E-state index in [4.69, 9.17) is 10.3 Å². The third-order valence-corrected chi connectivity index (χ3v) is 4.04. The van der Waals surface area contributed by atoms with Crippen LogP contribution in [0.5, 0.6) is 0 Å². The molecule has 2 heterocycles. The van der Waals surface area contributed by atoms with Crippen LogP contribution >= 0.6 is 0 Å². The van der Waals surface area contributed by atoms with E-state index >= 15 is 0 Å². The number of hydrogen-bond donors (Lipinski definition) is 2. The van der Waals surface area contributed by atoms with Crippen molar-refractivity contribution >= 4 is 5.91 Å². The van der Waals surface area contributed by atoms with E-state index in [1.54, 1.807) is 0 Å². The molecule has 3 rings (SSSR count). The normalized spacial score (nSPS) is 19.5. The van der Waals surface area contributed by atoms with Crippen LogP contribution in [0.3, 0.4) is 0 Å². The highest BCUT2D eigenvalue weighted by Crippen LogP contribution is 2.32. The van der Waals surface area contributed by atoms with Gasteiger partial charge in [0, 0.05) is 18.2 Å². The largest absolute Gasteiger partial charge is 0.387 e. The second-order valence-corrected chi connectivity index (χ2v) is 5.66. The average molecular weight is 338 g/mol. The van der Waals surface area contributed by atoms with Crippen molar-refractivity contribution in [3.05, 3.63) is 47.1 Å². The summed E-state index contributed by atoms with van der Waals surface area (Å²) in [5.74, 6) is -2.27. The maximum Gasteiger partial charge on any atom is 0.290 e. The zero-order valence-electron chi connectivity index (χ0n) is 12.7. The number of aromatic nitrogens is 2. The fourth-order valence-electron chi connectivity index (χ4n) is 2.89. The van der Waals surface area contributed by atoms with E-state index in [1.165, 1.54) is 6.07 Å². The van der Waals surface area contributed by atoms with Crippen LogP contribution in [0.2, 0.25) is 0 Å². The number of aliphatic hydroxyl groups is 1. The third-order valence-electron chi connectivity index (χ3n) is 4.04. The maximum absolute atomic E-state index is 13.8. The molecule has 1 aromatic heterocycles. The number of benzene rings is 1. The highest BCUT2D eigenvalue weighted by Gasteiger charge is 2.33. The Bertz CT molecular complexity index is 752. The van der Waals surface area contributed by atoms with Crippen molar-refractivity contribution < 1.29 is 23.2 Å². The number of carbonyl (C=O) groups excluding carboxylic acids is 1. The molecule has 1 aliphatic rings. The van der Waals surface area contributed by atoms with Crippen molar-refractivity contribution in [2.45, 2.75) is 25.0 Å². The second-order valence-electron chi connectivity index (χ2n) is 5.66. The van der Waals surface area contributed by atoms with Crippen LogP contribution in [-0.4, -0.2) is 39.1 Å². The van der Waals surface area contributed by atoms with Crippen LogP contribution in [0.25, 0.3) is 0 Å². The van der Waals surface area contributed by atoms with E-state index in [9.17, 15) is 18.7 Å². The first-order valence-electron chi connectivity index (χ1n) is 7.46. The molecule has 1 fully saturated rings. The first-order chi connectivity index (χ1) is 11.5. The van der Waals surface area contributed by atoms with Crippen LogP contribution in [0.4, 0.5) is 8.78 Å². The highest BCUT2D eigenvalue weighted by atomic mass is 19.1. The number of carbonyl (C=O) groups is 1. The van der Waals surface area contributed by atoms with Crippen molar-refractivity contribution in [1.29, 1.82) is 0 Å². The van der Waals surface area contributed by atoms with Gasteiger partial charge < -0.3 is 15.4 Å². The van der Waals surface area contributed by atoms with Gasteiger partial charge in [-0.1, -0.05) is 11.2 Å². The van der Waals surface area contributed by atoms with Gasteiger partial charge in [-0.15, -0.1) is 0 Å². The van der Waals surface area contributed by atoms with Gasteiger partial charge in [0.05, 0.1) is 12.1 Å². The minimum atomic E-state index is -1.13. The molecule has 1 amide bonds. The maximum atomic E-state index is 13.8. The first-order valence-corrected chi connectivity index (χ1v) is 7.46. The molecule has 3 N–H and O–H groups in total. The number of nitrogens with zero attached hydrogens (tertiary/aromatic N) is 3. The van der Waals surface area contributed by atoms with E-state index in [2.05, 4.69) is 10.1 Å². The predicted molar refractivity (Wildman–Crippen MR) is 77.7 cm³/mol. The molecule has 0 aliphatic carbocycles. The zero-order valence-corrected chi connectivity index (χ0v) is 12.7. The molecule has 7 nitrogen and oxygen atoms in total. The van der Waals surface area contributed by atoms with Crippen LogP contribution < -0.4 is 5.73 Å². The van der Waals surface area contributed by atoms with Gasteiger partial charge >= 0.3 is 0 Å². The number of primary amides is 1. The van der Waals surface area contributed by atoms with E-state index in [0.717, 1.165) is 18.6 Å². The number of nitrogens with two attached hydrogens (primary N) is 1. The quantitative estimate of drug-likeness (QED) is 0.852. The SMILES string of the molecule is NC(=O)c1noc([C@@H]2CCCN2C[C@@H](O)c2ccc(F)cc2F)n1. The van der Waals surface area contributed by atoms with E-state index < -0.39 is 23.6 Å². The predicted octanol–water partition coefficient (Wildman–Crippen LogP) is 1.32. The minimum absolute atomic E-state index is 0.0189. The van der Waals surface area contributed by atoms with Crippen LogP contribution in [0.1, 0.15) is 47.1 Å². The second kappa shape index (κ2) is 6.62. The van der Waals surface area contributed by atoms with Crippen LogP contribution in [0.15, 0.2) is 22.7 Å². The van der Waals surface area contributed by atoms with Crippen molar-refractivity contribution in [3.63, 3.8) is 0 Å². The van der Waals surface area contributed by atoms with Gasteiger partial charge in [0.15, 0.2) is 0 Å². The fraction of sp³-hybridized carbons (Fsp3) is 0.400. The van der Waals surface area contributed by atoms with Crippen LogP contribution in [-0.2, 0) is 0 Å². The Morgan fingerprint density at radius 3 is 2.96 bits per heavy atom. The first kappa shape index (κ1) is 16.5. The van der Waals surface area contributed by atoms with Gasteiger partial charge in [0.25, 0.3) is 11.7 Å². The average Bonchev–Trinajstić information content (AvgIpc) is 3.15. The van der Waals surface area contributed by atoms with Crippen LogP contribution in [0, 0.1) is 11.6 Å². The number of β-amino-alcohol motifs (C(OH)–C–C–N with tert-alkyl or cyclic N) is 1. The Morgan fingerprint density at radius 2 is 2.29 bits per heavy atom. The molecule has 1 aliphatic heterocycles. The highest BCUT2D eigenvalue weighted by molar-refractivity contribution is 5.88. The van der Waals surface area contributed by atoms with Gasteiger partial charge in [-0.2, -0.15) is 4.98 Å². The van der Waals surface area contributed by atoms with Gasteiger partial charge in [-0.25, -0.2) is 8.78 Å². The number of rotatable bonds is 5. The van der Waals surface area contributed by atoms with Gasteiger partial charge in [0.1, 0.15) is 11.6 Å². The molecule has 0 radical (unpaired) electrons. The summed E-state index contributed by atoms with van der Waals surface area (Å²) in [5, 5.41) is 13.8. The topological polar surface area (TPSA) is 105 Å². The van der Waals surface area contributed by atoms with Crippen molar-refractivity contribution in [2.24, 2.45) is 5.73 Å². The molecule has 9 heteroatoms.